The first kappa shape index (κ1) is 11.1. The Kier molecular flexibility index (Phi) is 2.63. The van der Waals surface area contributed by atoms with Crippen LogP contribution in [0.25, 0.3) is 4.96 Å². The molecule has 0 amide bonds. The lowest BCUT2D eigenvalue weighted by Crippen LogP contribution is -2.22. The van der Waals surface area contributed by atoms with Gasteiger partial charge in [0.2, 0.25) is 4.96 Å². The van der Waals surface area contributed by atoms with Crippen molar-refractivity contribution in [2.24, 2.45) is 5.73 Å². The van der Waals surface area contributed by atoms with Gasteiger partial charge in [-0.25, -0.2) is 0 Å². The molecule has 92 valence electrons. The first-order valence-electron chi connectivity index (χ1n) is 6.14. The van der Waals surface area contributed by atoms with Gasteiger partial charge in [-0.15, -0.1) is 10.2 Å². The highest BCUT2D eigenvalue weighted by molar-refractivity contribution is 7.16. The van der Waals surface area contributed by atoms with E-state index in [4.69, 9.17) is 5.73 Å². The van der Waals surface area contributed by atoms with Crippen molar-refractivity contribution in [1.29, 1.82) is 0 Å². The maximum Gasteiger partial charge on any atom is 0.234 e. The van der Waals surface area contributed by atoms with Gasteiger partial charge in [0.1, 0.15) is 5.01 Å². The van der Waals surface area contributed by atoms with Crippen molar-refractivity contribution < 1.29 is 0 Å². The second kappa shape index (κ2) is 4.03. The van der Waals surface area contributed by atoms with E-state index >= 15 is 0 Å². The predicted octanol–water partition coefficient (Wildman–Crippen LogP) is 1.90. The lowest BCUT2D eigenvalue weighted by atomic mass is 10.1. The molecule has 0 bridgehead atoms. The highest BCUT2D eigenvalue weighted by atomic mass is 32.1. The molecule has 1 saturated carbocycles. The van der Waals surface area contributed by atoms with Crippen molar-refractivity contribution in [3.63, 3.8) is 0 Å². The Bertz CT molecular complexity index is 529. The first-order valence-corrected chi connectivity index (χ1v) is 6.96. The molecule has 2 unspecified atom stereocenters. The van der Waals surface area contributed by atoms with Gasteiger partial charge in [0.05, 0.1) is 0 Å². The summed E-state index contributed by atoms with van der Waals surface area (Å²) in [6.07, 6.45) is 3.48. The Balaban J connectivity index is 2.02. The Morgan fingerprint density at radius 2 is 2.18 bits per heavy atom. The average Bonchev–Trinajstić information content (AvgIpc) is 2.89. The molecule has 2 aromatic rings. The van der Waals surface area contributed by atoms with Crippen LogP contribution in [-0.2, 0) is 0 Å². The monoisotopic (exact) mass is 251 g/mol. The van der Waals surface area contributed by atoms with Gasteiger partial charge in [0, 0.05) is 17.9 Å². The predicted molar refractivity (Wildman–Crippen MR) is 67.3 cm³/mol. The van der Waals surface area contributed by atoms with E-state index < -0.39 is 0 Å². The van der Waals surface area contributed by atoms with Crippen molar-refractivity contribution in [1.82, 2.24) is 19.8 Å². The highest BCUT2D eigenvalue weighted by Crippen LogP contribution is 2.35. The van der Waals surface area contributed by atoms with Gasteiger partial charge in [-0.05, 0) is 12.8 Å². The maximum absolute atomic E-state index is 6.12. The normalized spacial score (nSPS) is 25.2. The number of hydrogen-bond donors (Lipinski definition) is 1. The van der Waals surface area contributed by atoms with Crippen molar-refractivity contribution in [2.45, 2.75) is 51.0 Å². The van der Waals surface area contributed by atoms with E-state index in [-0.39, 0.29) is 6.04 Å². The van der Waals surface area contributed by atoms with Crippen LogP contribution in [0, 0.1) is 0 Å². The second-order valence-electron chi connectivity index (χ2n) is 5.05. The minimum atomic E-state index is 0.265. The average molecular weight is 251 g/mol. The van der Waals surface area contributed by atoms with Gasteiger partial charge in [-0.2, -0.15) is 9.61 Å². The Labute approximate surface area is 104 Å². The van der Waals surface area contributed by atoms with Gasteiger partial charge < -0.3 is 5.73 Å². The molecule has 5 nitrogen and oxygen atoms in total. The van der Waals surface area contributed by atoms with Crippen LogP contribution >= 0.6 is 11.3 Å². The quantitative estimate of drug-likeness (QED) is 0.885. The van der Waals surface area contributed by atoms with E-state index in [0.29, 0.717) is 11.8 Å². The Hall–Kier alpha value is -1.01. The SMILES string of the molecule is CC(C)c1nnc2sc(C3CCCC3N)nn12. The van der Waals surface area contributed by atoms with Crippen molar-refractivity contribution in [2.75, 3.05) is 0 Å². The third-order valence-corrected chi connectivity index (χ3v) is 4.46. The molecular formula is C11H17N5S. The van der Waals surface area contributed by atoms with Crippen LogP contribution in [0.3, 0.4) is 0 Å². The van der Waals surface area contributed by atoms with Crippen LogP contribution < -0.4 is 5.73 Å². The fraction of sp³-hybridized carbons (Fsp3) is 0.727. The Morgan fingerprint density at radius 3 is 2.82 bits per heavy atom. The zero-order valence-electron chi connectivity index (χ0n) is 10.1. The summed E-state index contributed by atoms with van der Waals surface area (Å²) >= 11 is 1.63. The molecule has 1 aliphatic rings. The molecule has 0 aromatic carbocycles. The van der Waals surface area contributed by atoms with Gasteiger partial charge in [0.25, 0.3) is 0 Å². The number of rotatable bonds is 2. The summed E-state index contributed by atoms with van der Waals surface area (Å²) < 4.78 is 1.88. The van der Waals surface area contributed by atoms with Crippen LogP contribution in [0.15, 0.2) is 0 Å². The fourth-order valence-electron chi connectivity index (χ4n) is 2.45. The van der Waals surface area contributed by atoms with Crippen LogP contribution in [0.1, 0.15) is 55.8 Å². The molecule has 6 heteroatoms. The number of fused-ring (bicyclic) bond motifs is 1. The van der Waals surface area contributed by atoms with Gasteiger partial charge in [0.15, 0.2) is 5.82 Å². The third kappa shape index (κ3) is 1.75. The lowest BCUT2D eigenvalue weighted by molar-refractivity contribution is 0.596. The summed E-state index contributed by atoms with van der Waals surface area (Å²) in [4.78, 5) is 0.891. The Morgan fingerprint density at radius 1 is 1.35 bits per heavy atom. The lowest BCUT2D eigenvalue weighted by Gasteiger charge is -2.10. The smallest absolute Gasteiger partial charge is 0.234 e. The summed E-state index contributed by atoms with van der Waals surface area (Å²) in [5.74, 6) is 1.70. The molecule has 0 radical (unpaired) electrons. The summed E-state index contributed by atoms with van der Waals surface area (Å²) in [6, 6.07) is 0.265. The van der Waals surface area contributed by atoms with E-state index in [1.807, 2.05) is 4.52 Å². The standard InChI is InChI=1S/C11H17N5S/c1-6(2)9-13-14-11-16(9)15-10(17-11)7-4-3-5-8(7)12/h6-8H,3-5,12H2,1-2H3. The molecular weight excluding hydrogens is 234 g/mol. The van der Waals surface area contributed by atoms with E-state index in [1.54, 1.807) is 11.3 Å². The number of hydrogen-bond acceptors (Lipinski definition) is 5. The molecule has 2 heterocycles. The largest absolute Gasteiger partial charge is 0.327 e. The zero-order valence-corrected chi connectivity index (χ0v) is 10.9. The summed E-state index contributed by atoms with van der Waals surface area (Å²) in [7, 11) is 0. The first-order chi connectivity index (χ1) is 8.16. The minimum absolute atomic E-state index is 0.265. The number of nitrogens with zero attached hydrogens (tertiary/aromatic N) is 4. The molecule has 3 rings (SSSR count). The maximum atomic E-state index is 6.12. The topological polar surface area (TPSA) is 69.1 Å². The summed E-state index contributed by atoms with van der Waals surface area (Å²) in [5.41, 5.74) is 6.12. The molecule has 1 fully saturated rings. The molecule has 2 atom stereocenters. The molecule has 0 aliphatic heterocycles. The molecule has 17 heavy (non-hydrogen) atoms. The van der Waals surface area contributed by atoms with Gasteiger partial charge in [-0.3, -0.25) is 0 Å². The van der Waals surface area contributed by atoms with Crippen molar-refractivity contribution in [3.8, 4) is 0 Å². The zero-order chi connectivity index (χ0) is 12.0. The fourth-order valence-corrected chi connectivity index (χ4v) is 3.51. The molecule has 1 aliphatic carbocycles. The number of aromatic nitrogens is 4. The third-order valence-electron chi connectivity index (χ3n) is 3.43. The van der Waals surface area contributed by atoms with Gasteiger partial charge in [-0.1, -0.05) is 31.6 Å². The molecule has 0 saturated heterocycles. The molecule has 0 spiro atoms. The molecule has 2 N–H and O–H groups in total. The molecule has 2 aromatic heterocycles. The highest BCUT2D eigenvalue weighted by Gasteiger charge is 2.29. The second-order valence-corrected chi connectivity index (χ2v) is 6.04. The van der Waals surface area contributed by atoms with E-state index in [2.05, 4.69) is 29.1 Å². The van der Waals surface area contributed by atoms with E-state index in [1.165, 1.54) is 6.42 Å². The van der Waals surface area contributed by atoms with Crippen LogP contribution in [0.5, 0.6) is 0 Å². The summed E-state index contributed by atoms with van der Waals surface area (Å²) in [5, 5.41) is 14.1. The van der Waals surface area contributed by atoms with Crippen LogP contribution in [0.2, 0.25) is 0 Å². The summed E-state index contributed by atoms with van der Waals surface area (Å²) in [6.45, 7) is 4.22. The van der Waals surface area contributed by atoms with Crippen LogP contribution in [0.4, 0.5) is 0 Å². The van der Waals surface area contributed by atoms with Gasteiger partial charge >= 0.3 is 0 Å². The minimum Gasteiger partial charge on any atom is -0.327 e. The van der Waals surface area contributed by atoms with Crippen LogP contribution in [-0.4, -0.2) is 25.9 Å². The van der Waals surface area contributed by atoms with Crippen molar-refractivity contribution in [3.05, 3.63) is 10.8 Å². The number of nitrogens with two attached hydrogens (primary N) is 1. The van der Waals surface area contributed by atoms with Crippen molar-refractivity contribution >= 4 is 16.3 Å². The van der Waals surface area contributed by atoms with E-state index in [0.717, 1.165) is 28.6 Å². The van der Waals surface area contributed by atoms with E-state index in [9.17, 15) is 0 Å².